The highest BCUT2D eigenvalue weighted by Gasteiger charge is 2.49. The Morgan fingerprint density at radius 1 is 0.848 bits per heavy atom. The molecule has 1 aliphatic rings. The lowest BCUT2D eigenvalue weighted by molar-refractivity contribution is -0.297. The molecule has 0 N–H and O–H groups in total. The average Bonchev–Trinajstić information content (AvgIpc) is 3.07. The van der Waals surface area contributed by atoms with Gasteiger partial charge < -0.3 is 18.6 Å². The second-order valence-electron chi connectivity index (χ2n) is 12.6. The van der Waals surface area contributed by atoms with Gasteiger partial charge in [0.15, 0.2) is 11.6 Å². The van der Waals surface area contributed by atoms with Gasteiger partial charge in [0.2, 0.25) is 8.32 Å². The number of carbonyl (C=O) groups is 1. The van der Waals surface area contributed by atoms with Gasteiger partial charge in [-0.2, -0.15) is 0 Å². The summed E-state index contributed by atoms with van der Waals surface area (Å²) in [5.74, 6) is -0.285. The van der Waals surface area contributed by atoms with E-state index >= 15 is 0 Å². The van der Waals surface area contributed by atoms with Crippen molar-refractivity contribution in [1.29, 1.82) is 0 Å². The van der Waals surface area contributed by atoms with Gasteiger partial charge in [-0.05, 0) is 61.3 Å². The van der Waals surface area contributed by atoms with Gasteiger partial charge in [0.05, 0.1) is 25.0 Å². The van der Waals surface area contributed by atoms with Crippen LogP contribution in [0.3, 0.4) is 0 Å². The third-order valence-electron chi connectivity index (χ3n) is 7.86. The molecule has 0 amide bonds. The van der Waals surface area contributed by atoms with Crippen LogP contribution in [0.15, 0.2) is 138 Å². The number of rotatable bonds is 14. The summed E-state index contributed by atoms with van der Waals surface area (Å²) in [5.41, 5.74) is 2.06. The highest BCUT2D eigenvalue weighted by Crippen LogP contribution is 2.48. The van der Waals surface area contributed by atoms with E-state index in [-0.39, 0.29) is 24.3 Å². The molecule has 5 rings (SSSR count). The average molecular weight is 653 g/mol. The van der Waals surface area contributed by atoms with Crippen molar-refractivity contribution in [1.82, 2.24) is 0 Å². The fourth-order valence-electron chi connectivity index (χ4n) is 5.91. The van der Waals surface area contributed by atoms with E-state index < -0.39 is 19.7 Å². The van der Waals surface area contributed by atoms with Crippen LogP contribution in [0, 0.1) is 0 Å². The number of carbonyl (C=O) groups excluding carboxylic acids is 1. The molecule has 0 aromatic heterocycles. The largest absolute Gasteiger partial charge is 0.520 e. The third-order valence-corrected chi connectivity index (χ3v) is 9.87. The number of methoxy groups -OCH3 is 1. The first-order valence-corrected chi connectivity index (χ1v) is 20.3. The van der Waals surface area contributed by atoms with Crippen molar-refractivity contribution in [3.63, 3.8) is 0 Å². The summed E-state index contributed by atoms with van der Waals surface area (Å²) >= 11 is 1.71. The second kappa shape index (κ2) is 15.3. The smallest absolute Gasteiger partial charge is 0.268 e. The van der Waals surface area contributed by atoms with E-state index in [0.717, 1.165) is 34.4 Å². The van der Waals surface area contributed by atoms with E-state index in [9.17, 15) is 4.79 Å². The van der Waals surface area contributed by atoms with Gasteiger partial charge in [-0.3, -0.25) is 4.79 Å². The molecule has 0 aliphatic carbocycles. The van der Waals surface area contributed by atoms with Crippen LogP contribution >= 0.6 is 11.8 Å². The molecule has 1 heterocycles. The fourth-order valence-corrected chi connectivity index (χ4v) is 7.66. The Morgan fingerprint density at radius 2 is 1.35 bits per heavy atom. The van der Waals surface area contributed by atoms with E-state index in [4.69, 9.17) is 18.6 Å². The van der Waals surface area contributed by atoms with Crippen molar-refractivity contribution in [2.24, 2.45) is 0 Å². The van der Waals surface area contributed by atoms with Crippen molar-refractivity contribution in [3.05, 3.63) is 150 Å². The monoisotopic (exact) mass is 652 g/mol. The number of ketones is 1. The summed E-state index contributed by atoms with van der Waals surface area (Å²) in [7, 11) is -0.415. The number of thioether (sulfide) groups is 1. The van der Waals surface area contributed by atoms with Crippen LogP contribution in [-0.2, 0) is 29.0 Å². The highest BCUT2D eigenvalue weighted by atomic mass is 32.2. The number of allylic oxidation sites excluding steroid dienone is 1. The predicted molar refractivity (Wildman–Crippen MR) is 188 cm³/mol. The van der Waals surface area contributed by atoms with Gasteiger partial charge in [-0.1, -0.05) is 109 Å². The van der Waals surface area contributed by atoms with Crippen LogP contribution in [0.4, 0.5) is 0 Å². The van der Waals surface area contributed by atoms with Gasteiger partial charge in [0.1, 0.15) is 5.60 Å². The van der Waals surface area contributed by atoms with Gasteiger partial charge >= 0.3 is 0 Å². The van der Waals surface area contributed by atoms with Crippen molar-refractivity contribution in [3.8, 4) is 0 Å². The molecular formula is C39H44O5SSi. The molecule has 2 atom stereocenters. The van der Waals surface area contributed by atoms with E-state index in [1.165, 1.54) is 13.2 Å². The minimum atomic E-state index is -1.95. The molecule has 0 spiro atoms. The maximum absolute atomic E-state index is 13.4. The summed E-state index contributed by atoms with van der Waals surface area (Å²) < 4.78 is 26.0. The standard InChI is InChI=1S/C39H44O5SSi/c1-41-37(43-46(2,3)4)29-34(40)28-35-24-17-27-38(42-35,30-45-36-25-15-8-16-26-36)44-39(31-18-9-5-10-19-31,32-20-11-6-12-21-32)33-22-13-7-14-23-33/h5-16,18-23,25-26,29,35H,17,24,27-28,30H2,1-4H3/b37-29-. The number of hydrogen-bond donors (Lipinski definition) is 0. The normalized spacial score (nSPS) is 19.0. The molecule has 1 aliphatic heterocycles. The lowest BCUT2D eigenvalue weighted by atomic mass is 9.79. The molecule has 0 radical (unpaired) electrons. The van der Waals surface area contributed by atoms with Crippen molar-refractivity contribution < 1.29 is 23.4 Å². The Balaban J connectivity index is 1.56. The molecule has 7 heteroatoms. The molecule has 46 heavy (non-hydrogen) atoms. The second-order valence-corrected chi connectivity index (χ2v) is 18.1. The minimum Gasteiger partial charge on any atom is -0.520 e. The van der Waals surface area contributed by atoms with E-state index in [1.807, 2.05) is 36.4 Å². The lowest BCUT2D eigenvalue weighted by Crippen LogP contribution is -2.52. The van der Waals surface area contributed by atoms with E-state index in [1.54, 1.807) is 11.8 Å². The molecule has 4 aromatic rings. The maximum Gasteiger partial charge on any atom is 0.268 e. The Hall–Kier alpha value is -3.62. The quantitative estimate of drug-likeness (QED) is 0.0445. The summed E-state index contributed by atoms with van der Waals surface area (Å²) in [6.45, 7) is 6.18. The van der Waals surface area contributed by atoms with E-state index in [2.05, 4.69) is 105 Å². The Morgan fingerprint density at radius 3 is 1.83 bits per heavy atom. The molecule has 5 nitrogen and oxygen atoms in total. The van der Waals surface area contributed by atoms with Gasteiger partial charge in [0.25, 0.3) is 5.95 Å². The van der Waals surface area contributed by atoms with Crippen LogP contribution in [0.5, 0.6) is 0 Å². The third kappa shape index (κ3) is 8.59. The van der Waals surface area contributed by atoms with Gasteiger partial charge in [-0.25, -0.2) is 0 Å². The molecule has 0 saturated carbocycles. The Labute approximate surface area is 279 Å². The summed E-state index contributed by atoms with van der Waals surface area (Å²) in [6.07, 6.45) is 3.64. The van der Waals surface area contributed by atoms with Crippen molar-refractivity contribution in [2.75, 3.05) is 12.9 Å². The van der Waals surface area contributed by atoms with Crippen molar-refractivity contribution >= 4 is 25.9 Å². The van der Waals surface area contributed by atoms with Crippen molar-refractivity contribution in [2.45, 2.75) is 67.7 Å². The Bertz CT molecular complexity index is 1460. The number of benzene rings is 4. The zero-order valence-electron chi connectivity index (χ0n) is 27.2. The number of hydrogen-bond acceptors (Lipinski definition) is 6. The lowest BCUT2D eigenvalue weighted by Gasteiger charge is -2.48. The summed E-state index contributed by atoms with van der Waals surface area (Å²) in [6, 6.07) is 41.4. The van der Waals surface area contributed by atoms with Gasteiger partial charge in [0, 0.05) is 17.7 Å². The number of ether oxygens (including phenoxy) is 3. The SMILES string of the molecule is CO/C(=C/C(=O)CC1CCCC(CSc2ccccc2)(OC(c2ccccc2)(c2ccccc2)c2ccccc2)O1)O[Si](C)(C)C. The van der Waals surface area contributed by atoms with Crippen LogP contribution < -0.4 is 0 Å². The molecule has 240 valence electrons. The molecular weight excluding hydrogens is 609 g/mol. The first kappa shape index (κ1) is 33.7. The molecule has 2 unspecified atom stereocenters. The molecule has 0 bridgehead atoms. The molecule has 4 aromatic carbocycles. The highest BCUT2D eigenvalue weighted by molar-refractivity contribution is 7.99. The minimum absolute atomic E-state index is 0.0907. The maximum atomic E-state index is 13.4. The van der Waals surface area contributed by atoms with Crippen LogP contribution in [0.1, 0.15) is 42.4 Å². The first-order valence-electron chi connectivity index (χ1n) is 15.9. The van der Waals surface area contributed by atoms with E-state index in [0.29, 0.717) is 12.2 Å². The van der Waals surface area contributed by atoms with Crippen LogP contribution in [0.2, 0.25) is 19.6 Å². The zero-order valence-corrected chi connectivity index (χ0v) is 29.0. The first-order chi connectivity index (χ1) is 22.2. The van der Waals surface area contributed by atoms with Gasteiger partial charge in [-0.15, -0.1) is 11.8 Å². The summed E-state index contributed by atoms with van der Waals surface area (Å²) in [5, 5.41) is 0. The zero-order chi connectivity index (χ0) is 32.5. The summed E-state index contributed by atoms with van der Waals surface area (Å²) in [4.78, 5) is 14.5. The predicted octanol–water partition coefficient (Wildman–Crippen LogP) is 9.35. The Kier molecular flexibility index (Phi) is 11.2. The topological polar surface area (TPSA) is 54.0 Å². The van der Waals surface area contributed by atoms with Crippen LogP contribution in [-0.4, -0.2) is 38.9 Å². The molecule has 1 fully saturated rings. The molecule has 1 saturated heterocycles. The fraction of sp³-hybridized carbons (Fsp3) is 0.308. The van der Waals surface area contributed by atoms with Crippen LogP contribution in [0.25, 0.3) is 0 Å².